The number of carbonyl (C=O) groups is 1. The molecule has 2 rings (SSSR count). The van der Waals surface area contributed by atoms with E-state index in [0.717, 1.165) is 58.7 Å². The highest BCUT2D eigenvalue weighted by molar-refractivity contribution is 5.74. The van der Waals surface area contributed by atoms with Crippen LogP contribution in [-0.4, -0.2) is 85.2 Å². The molecule has 1 atom stereocenters. The Morgan fingerprint density at radius 1 is 1.11 bits per heavy atom. The monoisotopic (exact) mass is 269 g/mol. The fourth-order valence-corrected chi connectivity index (χ4v) is 3.06. The van der Waals surface area contributed by atoms with E-state index in [9.17, 15) is 9.90 Å². The van der Waals surface area contributed by atoms with Crippen LogP contribution in [0.15, 0.2) is 0 Å². The highest BCUT2D eigenvalue weighted by Gasteiger charge is 2.37. The number of hydrogen-bond acceptors (Lipinski definition) is 4. The molecule has 110 valence electrons. The lowest BCUT2D eigenvalue weighted by molar-refractivity contribution is -0.151. The molecule has 2 aliphatic rings. The van der Waals surface area contributed by atoms with E-state index in [1.165, 1.54) is 0 Å². The third kappa shape index (κ3) is 3.91. The Labute approximate surface area is 116 Å². The van der Waals surface area contributed by atoms with Crippen LogP contribution >= 0.6 is 0 Å². The summed E-state index contributed by atoms with van der Waals surface area (Å²) in [6.07, 6.45) is 1.82. The lowest BCUT2D eigenvalue weighted by Gasteiger charge is -2.39. The second-order valence-corrected chi connectivity index (χ2v) is 6.39. The first kappa shape index (κ1) is 14.8. The Hall–Kier alpha value is -0.650. The van der Waals surface area contributed by atoms with Crippen LogP contribution in [0.4, 0.5) is 0 Å². The summed E-state index contributed by atoms with van der Waals surface area (Å²) >= 11 is 0. The SMILES string of the molecule is CN1CCN(CCN2CCCC(C)(C(=O)O)C2)CC1. The van der Waals surface area contributed by atoms with Crippen LogP contribution in [0.5, 0.6) is 0 Å². The quantitative estimate of drug-likeness (QED) is 0.801. The fourth-order valence-electron chi connectivity index (χ4n) is 3.06. The van der Waals surface area contributed by atoms with Crippen LogP contribution in [0.25, 0.3) is 0 Å². The molecular formula is C14H27N3O2. The molecule has 0 radical (unpaired) electrons. The second-order valence-electron chi connectivity index (χ2n) is 6.39. The van der Waals surface area contributed by atoms with Crippen LogP contribution in [-0.2, 0) is 4.79 Å². The molecule has 1 N–H and O–H groups in total. The predicted molar refractivity (Wildman–Crippen MR) is 75.4 cm³/mol. The first-order chi connectivity index (χ1) is 8.99. The minimum Gasteiger partial charge on any atom is -0.481 e. The van der Waals surface area contributed by atoms with E-state index in [1.54, 1.807) is 0 Å². The van der Waals surface area contributed by atoms with Gasteiger partial charge in [-0.25, -0.2) is 0 Å². The molecule has 2 fully saturated rings. The fraction of sp³-hybridized carbons (Fsp3) is 0.929. The van der Waals surface area contributed by atoms with Crippen molar-refractivity contribution in [2.75, 3.05) is 59.4 Å². The maximum Gasteiger partial charge on any atom is 0.310 e. The molecule has 0 aromatic heterocycles. The van der Waals surface area contributed by atoms with E-state index in [4.69, 9.17) is 0 Å². The van der Waals surface area contributed by atoms with Gasteiger partial charge in [-0.1, -0.05) is 0 Å². The van der Waals surface area contributed by atoms with E-state index >= 15 is 0 Å². The molecule has 0 aromatic carbocycles. The van der Waals surface area contributed by atoms with Crippen molar-refractivity contribution in [3.63, 3.8) is 0 Å². The van der Waals surface area contributed by atoms with Crippen molar-refractivity contribution >= 4 is 5.97 Å². The lowest BCUT2D eigenvalue weighted by Crippen LogP contribution is -2.50. The third-order valence-electron chi connectivity index (χ3n) is 4.62. The van der Waals surface area contributed by atoms with Gasteiger partial charge in [0.2, 0.25) is 0 Å². The van der Waals surface area contributed by atoms with Gasteiger partial charge in [0.25, 0.3) is 0 Å². The predicted octanol–water partition coefficient (Wildman–Crippen LogP) is 0.421. The van der Waals surface area contributed by atoms with Crippen molar-refractivity contribution in [3.8, 4) is 0 Å². The average molecular weight is 269 g/mol. The summed E-state index contributed by atoms with van der Waals surface area (Å²) in [5, 5.41) is 9.32. The third-order valence-corrected chi connectivity index (χ3v) is 4.62. The molecule has 0 spiro atoms. The highest BCUT2D eigenvalue weighted by Crippen LogP contribution is 2.29. The Bertz CT molecular complexity index is 316. The van der Waals surface area contributed by atoms with E-state index in [-0.39, 0.29) is 0 Å². The first-order valence-corrected chi connectivity index (χ1v) is 7.36. The van der Waals surface area contributed by atoms with Crippen molar-refractivity contribution in [1.82, 2.24) is 14.7 Å². The van der Waals surface area contributed by atoms with Gasteiger partial charge >= 0.3 is 5.97 Å². The topological polar surface area (TPSA) is 47.0 Å². The van der Waals surface area contributed by atoms with E-state index < -0.39 is 11.4 Å². The molecular weight excluding hydrogens is 242 g/mol. The number of carboxylic acids is 1. The minimum atomic E-state index is -0.642. The van der Waals surface area contributed by atoms with Gasteiger partial charge in [-0.15, -0.1) is 0 Å². The molecule has 1 unspecified atom stereocenters. The average Bonchev–Trinajstić information content (AvgIpc) is 2.38. The molecule has 0 amide bonds. The van der Waals surface area contributed by atoms with Crippen LogP contribution in [0.2, 0.25) is 0 Å². The zero-order valence-electron chi connectivity index (χ0n) is 12.3. The lowest BCUT2D eigenvalue weighted by atomic mass is 9.82. The van der Waals surface area contributed by atoms with Gasteiger partial charge in [-0.3, -0.25) is 9.69 Å². The number of likely N-dealkylation sites (N-methyl/N-ethyl adjacent to an activating group) is 1. The van der Waals surface area contributed by atoms with Gasteiger partial charge in [-0.2, -0.15) is 0 Å². The zero-order chi connectivity index (χ0) is 13.9. The number of likely N-dealkylation sites (tertiary alicyclic amines) is 1. The summed E-state index contributed by atoms with van der Waals surface area (Å²) < 4.78 is 0. The molecule has 2 saturated heterocycles. The summed E-state index contributed by atoms with van der Waals surface area (Å²) in [5.41, 5.74) is -0.541. The largest absolute Gasteiger partial charge is 0.481 e. The van der Waals surface area contributed by atoms with Gasteiger partial charge in [0, 0.05) is 45.8 Å². The number of aliphatic carboxylic acids is 1. The van der Waals surface area contributed by atoms with Gasteiger partial charge in [0.1, 0.15) is 0 Å². The van der Waals surface area contributed by atoms with Gasteiger partial charge in [0.15, 0.2) is 0 Å². The standard InChI is InChI=1S/C14H27N3O2/c1-14(13(18)19)4-3-5-17(12-14)11-10-16-8-6-15(2)7-9-16/h3-12H2,1-2H3,(H,18,19). The Morgan fingerprint density at radius 3 is 2.37 bits per heavy atom. The van der Waals surface area contributed by atoms with Gasteiger partial charge in [-0.05, 0) is 33.4 Å². The number of piperazine rings is 1. The second kappa shape index (κ2) is 6.20. The molecule has 5 heteroatoms. The molecule has 5 nitrogen and oxygen atoms in total. The number of hydrogen-bond donors (Lipinski definition) is 1. The summed E-state index contributed by atoms with van der Waals surface area (Å²) in [5.74, 6) is -0.642. The molecule has 2 aliphatic heterocycles. The highest BCUT2D eigenvalue weighted by atomic mass is 16.4. The van der Waals surface area contributed by atoms with Crippen LogP contribution in [0.1, 0.15) is 19.8 Å². The maximum atomic E-state index is 11.3. The van der Waals surface area contributed by atoms with Crippen LogP contribution in [0, 0.1) is 5.41 Å². The smallest absolute Gasteiger partial charge is 0.310 e. The first-order valence-electron chi connectivity index (χ1n) is 7.36. The molecule has 0 saturated carbocycles. The van der Waals surface area contributed by atoms with Crippen molar-refractivity contribution in [2.45, 2.75) is 19.8 Å². The number of nitrogens with zero attached hydrogens (tertiary/aromatic N) is 3. The summed E-state index contributed by atoms with van der Waals surface area (Å²) in [4.78, 5) is 18.5. The molecule has 0 bridgehead atoms. The number of carboxylic acid groups (broad SMARTS) is 1. The van der Waals surface area contributed by atoms with Crippen molar-refractivity contribution in [1.29, 1.82) is 0 Å². The Balaban J connectivity index is 1.75. The number of piperidine rings is 1. The molecule has 2 heterocycles. The maximum absolute atomic E-state index is 11.3. The van der Waals surface area contributed by atoms with Crippen molar-refractivity contribution in [2.24, 2.45) is 5.41 Å². The molecule has 19 heavy (non-hydrogen) atoms. The number of rotatable bonds is 4. The van der Waals surface area contributed by atoms with Crippen LogP contribution in [0.3, 0.4) is 0 Å². The van der Waals surface area contributed by atoms with E-state index in [0.29, 0.717) is 6.54 Å². The summed E-state index contributed by atoms with van der Waals surface area (Å²) in [6.45, 7) is 10.3. The normalized spacial score (nSPS) is 31.5. The van der Waals surface area contributed by atoms with E-state index in [1.807, 2.05) is 6.92 Å². The Morgan fingerprint density at radius 2 is 1.74 bits per heavy atom. The minimum absolute atomic E-state index is 0.541. The molecule has 0 aliphatic carbocycles. The van der Waals surface area contributed by atoms with Crippen molar-refractivity contribution < 1.29 is 9.90 Å². The summed E-state index contributed by atoms with van der Waals surface area (Å²) in [7, 11) is 2.17. The molecule has 0 aromatic rings. The Kier molecular flexibility index (Phi) is 4.81. The van der Waals surface area contributed by atoms with Gasteiger partial charge in [0.05, 0.1) is 5.41 Å². The van der Waals surface area contributed by atoms with Gasteiger partial charge < -0.3 is 14.9 Å². The van der Waals surface area contributed by atoms with Crippen molar-refractivity contribution in [3.05, 3.63) is 0 Å². The zero-order valence-corrected chi connectivity index (χ0v) is 12.3. The van der Waals surface area contributed by atoms with Crippen LogP contribution < -0.4 is 0 Å². The van der Waals surface area contributed by atoms with E-state index in [2.05, 4.69) is 21.7 Å². The summed E-state index contributed by atoms with van der Waals surface area (Å²) in [6, 6.07) is 0.